The van der Waals surface area contributed by atoms with Crippen LogP contribution in [0.5, 0.6) is 0 Å². The van der Waals surface area contributed by atoms with Crippen molar-refractivity contribution in [2.45, 2.75) is 39.2 Å². The zero-order chi connectivity index (χ0) is 12.7. The Morgan fingerprint density at radius 1 is 1.47 bits per heavy atom. The van der Waals surface area contributed by atoms with Gasteiger partial charge >= 0.3 is 6.09 Å². The maximum absolute atomic E-state index is 11.8. The molecule has 2 fully saturated rings. The van der Waals surface area contributed by atoms with E-state index >= 15 is 0 Å². The summed E-state index contributed by atoms with van der Waals surface area (Å²) in [5.74, 6) is 0.814. The molecule has 0 aromatic carbocycles. The Balaban J connectivity index is 1.71. The first-order valence-electron chi connectivity index (χ1n) is 6.49. The number of rotatable bonds is 3. The topological polar surface area (TPSA) is 41.6 Å². The molecule has 4 heteroatoms. The Bertz CT molecular complexity index is 303. The van der Waals surface area contributed by atoms with Crippen LogP contribution in [0.25, 0.3) is 0 Å². The SMILES string of the molecule is CNCCC1CC12CN(C(=O)OC(C)(C)C)C2. The average molecular weight is 240 g/mol. The van der Waals surface area contributed by atoms with Crippen molar-refractivity contribution in [3.63, 3.8) is 0 Å². The number of ether oxygens (including phenoxy) is 1. The lowest BCUT2D eigenvalue weighted by atomic mass is 9.93. The Morgan fingerprint density at radius 3 is 2.65 bits per heavy atom. The van der Waals surface area contributed by atoms with Gasteiger partial charge in [0.1, 0.15) is 5.60 Å². The van der Waals surface area contributed by atoms with Crippen LogP contribution in [-0.4, -0.2) is 43.3 Å². The van der Waals surface area contributed by atoms with Crippen LogP contribution in [-0.2, 0) is 4.74 Å². The van der Waals surface area contributed by atoms with Gasteiger partial charge < -0.3 is 15.0 Å². The molecule has 1 N–H and O–H groups in total. The number of hydrogen-bond donors (Lipinski definition) is 1. The number of amides is 1. The molecule has 2 rings (SSSR count). The smallest absolute Gasteiger partial charge is 0.410 e. The predicted octanol–water partition coefficient (Wildman–Crippen LogP) is 1.85. The molecular formula is C13H24N2O2. The summed E-state index contributed by atoms with van der Waals surface area (Å²) in [5.41, 5.74) is 0.0721. The molecular weight excluding hydrogens is 216 g/mol. The standard InChI is InChI=1S/C13H24N2O2/c1-12(2,3)17-11(16)15-8-13(9-15)7-10(13)5-6-14-4/h10,14H,5-9H2,1-4H3. The molecule has 98 valence electrons. The first-order valence-corrected chi connectivity index (χ1v) is 6.49. The van der Waals surface area contributed by atoms with E-state index in [1.165, 1.54) is 12.8 Å². The van der Waals surface area contributed by atoms with Crippen molar-refractivity contribution in [3.8, 4) is 0 Å². The highest BCUT2D eigenvalue weighted by molar-refractivity contribution is 5.69. The molecule has 1 spiro atoms. The van der Waals surface area contributed by atoms with Gasteiger partial charge in [-0.05, 0) is 53.1 Å². The molecule has 4 nitrogen and oxygen atoms in total. The molecule has 17 heavy (non-hydrogen) atoms. The number of nitrogens with one attached hydrogen (secondary N) is 1. The van der Waals surface area contributed by atoms with Crippen LogP contribution in [0.1, 0.15) is 33.6 Å². The second-order valence-electron chi connectivity index (χ2n) is 6.49. The molecule has 1 aliphatic heterocycles. The van der Waals surface area contributed by atoms with Gasteiger partial charge in [-0.1, -0.05) is 0 Å². The quantitative estimate of drug-likeness (QED) is 0.818. The molecule has 2 aliphatic rings. The van der Waals surface area contributed by atoms with Crippen LogP contribution in [0, 0.1) is 11.3 Å². The predicted molar refractivity (Wildman–Crippen MR) is 66.9 cm³/mol. The second kappa shape index (κ2) is 4.16. The summed E-state index contributed by atoms with van der Waals surface area (Å²) in [4.78, 5) is 13.6. The number of carbonyl (C=O) groups is 1. The van der Waals surface area contributed by atoms with Crippen LogP contribution in [0.3, 0.4) is 0 Å². The summed E-state index contributed by atoms with van der Waals surface area (Å²) in [6.07, 6.45) is 2.37. The van der Waals surface area contributed by atoms with Gasteiger partial charge in [-0.25, -0.2) is 4.79 Å². The molecule has 1 atom stereocenters. The van der Waals surface area contributed by atoms with Crippen molar-refractivity contribution in [2.24, 2.45) is 11.3 Å². The summed E-state index contributed by atoms with van der Waals surface area (Å²) >= 11 is 0. The fraction of sp³-hybridized carbons (Fsp3) is 0.923. The summed E-state index contributed by atoms with van der Waals surface area (Å²) in [6.45, 7) is 8.61. The monoisotopic (exact) mass is 240 g/mol. The minimum absolute atomic E-state index is 0.151. The summed E-state index contributed by atoms with van der Waals surface area (Å²) in [5, 5.41) is 3.18. The molecule has 1 saturated carbocycles. The van der Waals surface area contributed by atoms with Gasteiger partial charge in [0.05, 0.1) is 0 Å². The fourth-order valence-corrected chi connectivity index (χ4v) is 2.72. The molecule has 1 heterocycles. The fourth-order valence-electron chi connectivity index (χ4n) is 2.72. The van der Waals surface area contributed by atoms with E-state index in [1.807, 2.05) is 32.7 Å². The number of likely N-dealkylation sites (tertiary alicyclic amines) is 1. The first kappa shape index (κ1) is 12.7. The van der Waals surface area contributed by atoms with Crippen molar-refractivity contribution < 1.29 is 9.53 Å². The number of nitrogens with zero attached hydrogens (tertiary/aromatic N) is 1. The molecule has 0 radical (unpaired) electrons. The second-order valence-corrected chi connectivity index (χ2v) is 6.49. The zero-order valence-corrected chi connectivity index (χ0v) is 11.4. The van der Waals surface area contributed by atoms with E-state index in [-0.39, 0.29) is 11.7 Å². The third-order valence-corrected chi connectivity index (χ3v) is 3.76. The van der Waals surface area contributed by atoms with Crippen LogP contribution in [0.4, 0.5) is 4.79 Å². The minimum Gasteiger partial charge on any atom is -0.444 e. The molecule has 0 aromatic heterocycles. The highest BCUT2D eigenvalue weighted by Crippen LogP contribution is 2.60. The van der Waals surface area contributed by atoms with E-state index in [0.29, 0.717) is 5.41 Å². The average Bonchev–Trinajstić information content (AvgIpc) is 2.83. The maximum atomic E-state index is 11.8. The van der Waals surface area contributed by atoms with Crippen LogP contribution in [0.2, 0.25) is 0 Å². The van der Waals surface area contributed by atoms with Crippen molar-refractivity contribution in [3.05, 3.63) is 0 Å². The van der Waals surface area contributed by atoms with Gasteiger partial charge in [-0.3, -0.25) is 0 Å². The molecule has 1 amide bonds. The molecule has 1 unspecified atom stereocenters. The van der Waals surface area contributed by atoms with Crippen LogP contribution >= 0.6 is 0 Å². The Morgan fingerprint density at radius 2 is 2.12 bits per heavy atom. The van der Waals surface area contributed by atoms with Crippen LogP contribution < -0.4 is 5.32 Å². The largest absolute Gasteiger partial charge is 0.444 e. The number of carbonyl (C=O) groups excluding carboxylic acids is 1. The van der Waals surface area contributed by atoms with E-state index in [4.69, 9.17) is 4.74 Å². The molecule has 0 aromatic rings. The molecule has 1 saturated heterocycles. The van der Waals surface area contributed by atoms with E-state index in [2.05, 4.69) is 5.32 Å². The highest BCUT2D eigenvalue weighted by Gasteiger charge is 2.62. The van der Waals surface area contributed by atoms with Gasteiger partial charge in [0.25, 0.3) is 0 Å². The normalized spacial score (nSPS) is 25.6. The van der Waals surface area contributed by atoms with Crippen molar-refractivity contribution >= 4 is 6.09 Å². The van der Waals surface area contributed by atoms with E-state index in [9.17, 15) is 4.79 Å². The summed E-state index contributed by atoms with van der Waals surface area (Å²) < 4.78 is 5.35. The lowest BCUT2D eigenvalue weighted by Gasteiger charge is -2.41. The lowest BCUT2D eigenvalue weighted by Crippen LogP contribution is -2.53. The van der Waals surface area contributed by atoms with Crippen molar-refractivity contribution in [2.75, 3.05) is 26.7 Å². The van der Waals surface area contributed by atoms with Gasteiger partial charge in [-0.15, -0.1) is 0 Å². The Labute approximate surface area is 104 Å². The van der Waals surface area contributed by atoms with Gasteiger partial charge in [-0.2, -0.15) is 0 Å². The zero-order valence-electron chi connectivity index (χ0n) is 11.4. The van der Waals surface area contributed by atoms with Gasteiger partial charge in [0.2, 0.25) is 0 Å². The van der Waals surface area contributed by atoms with E-state index in [0.717, 1.165) is 25.6 Å². The highest BCUT2D eigenvalue weighted by atomic mass is 16.6. The lowest BCUT2D eigenvalue weighted by molar-refractivity contribution is -0.00944. The third-order valence-electron chi connectivity index (χ3n) is 3.76. The molecule has 0 bridgehead atoms. The third kappa shape index (κ3) is 2.73. The van der Waals surface area contributed by atoms with E-state index < -0.39 is 0 Å². The van der Waals surface area contributed by atoms with Crippen molar-refractivity contribution in [1.29, 1.82) is 0 Å². The van der Waals surface area contributed by atoms with Gasteiger partial charge in [0, 0.05) is 18.5 Å². The maximum Gasteiger partial charge on any atom is 0.410 e. The minimum atomic E-state index is -0.380. The summed E-state index contributed by atoms with van der Waals surface area (Å²) in [7, 11) is 1.99. The Kier molecular flexibility index (Phi) is 3.10. The van der Waals surface area contributed by atoms with Crippen molar-refractivity contribution in [1.82, 2.24) is 10.2 Å². The Hall–Kier alpha value is -0.770. The summed E-state index contributed by atoms with van der Waals surface area (Å²) in [6, 6.07) is 0. The first-order chi connectivity index (χ1) is 7.86. The molecule has 1 aliphatic carbocycles. The number of hydrogen-bond acceptors (Lipinski definition) is 3. The van der Waals surface area contributed by atoms with Gasteiger partial charge in [0.15, 0.2) is 0 Å². The van der Waals surface area contributed by atoms with Crippen LogP contribution in [0.15, 0.2) is 0 Å². The van der Waals surface area contributed by atoms with E-state index in [1.54, 1.807) is 0 Å².